The predicted molar refractivity (Wildman–Crippen MR) is 113 cm³/mol. The van der Waals surface area contributed by atoms with Gasteiger partial charge in [0.2, 0.25) is 5.91 Å². The molecule has 1 aromatic carbocycles. The van der Waals surface area contributed by atoms with Crippen LogP contribution in [0.15, 0.2) is 42.7 Å². The quantitative estimate of drug-likeness (QED) is 0.636. The number of hydrogen-bond acceptors (Lipinski definition) is 4. The molecule has 0 aliphatic rings. The van der Waals surface area contributed by atoms with Crippen molar-refractivity contribution in [3.8, 4) is 5.13 Å². The number of nitrogens with one attached hydrogen (secondary N) is 2. The molecule has 0 aliphatic carbocycles. The average Bonchev–Trinajstić information content (AvgIpc) is 3.28. The van der Waals surface area contributed by atoms with Gasteiger partial charge in [-0.05, 0) is 56.5 Å². The van der Waals surface area contributed by atoms with E-state index in [0.717, 1.165) is 15.3 Å². The smallest absolute Gasteiger partial charge is 0.251 e. The summed E-state index contributed by atoms with van der Waals surface area (Å²) >= 11 is 1.52. The maximum Gasteiger partial charge on any atom is 0.251 e. The van der Waals surface area contributed by atoms with E-state index >= 15 is 0 Å². The third kappa shape index (κ3) is 4.78. The molecule has 0 bridgehead atoms. The fourth-order valence-electron chi connectivity index (χ4n) is 2.96. The summed E-state index contributed by atoms with van der Waals surface area (Å²) in [5.41, 5.74) is 1.38. The minimum Gasteiger partial charge on any atom is -0.352 e. The van der Waals surface area contributed by atoms with Crippen molar-refractivity contribution in [3.63, 3.8) is 0 Å². The number of aromatic nitrogens is 2. The molecule has 7 heteroatoms. The molecular weight excluding hydrogens is 372 g/mol. The van der Waals surface area contributed by atoms with Gasteiger partial charge in [0, 0.05) is 24.0 Å². The second-order valence-electron chi connectivity index (χ2n) is 7.59. The largest absolute Gasteiger partial charge is 0.352 e. The molecule has 2 N–H and O–H groups in total. The zero-order chi connectivity index (χ0) is 20.3. The lowest BCUT2D eigenvalue weighted by atomic mass is 10.0. The van der Waals surface area contributed by atoms with Gasteiger partial charge in [-0.25, -0.2) is 4.98 Å². The summed E-state index contributed by atoms with van der Waals surface area (Å²) in [5.74, 6) is -0.107. The van der Waals surface area contributed by atoms with Gasteiger partial charge in [-0.1, -0.05) is 25.2 Å². The number of rotatable bonds is 7. The first-order valence-electron chi connectivity index (χ1n) is 9.48. The molecule has 3 aromatic rings. The van der Waals surface area contributed by atoms with Crippen LogP contribution in [-0.4, -0.2) is 33.4 Å². The fourth-order valence-corrected chi connectivity index (χ4v) is 3.93. The van der Waals surface area contributed by atoms with Gasteiger partial charge in [0.05, 0.1) is 10.2 Å². The summed E-state index contributed by atoms with van der Waals surface area (Å²) in [4.78, 5) is 29.9. The molecule has 148 valence electrons. The second kappa shape index (κ2) is 8.56. The fraction of sp³-hybridized carbons (Fsp3) is 0.381. The lowest BCUT2D eigenvalue weighted by Gasteiger charge is -2.21. The SMILES string of the molecule is CC(C)CC(NC(=O)c1ccc2nc(-n3cccc3)sc2c1)C(=O)NC(C)C. The van der Waals surface area contributed by atoms with Gasteiger partial charge in [-0.3, -0.25) is 9.59 Å². The van der Waals surface area contributed by atoms with E-state index in [-0.39, 0.29) is 23.8 Å². The molecule has 0 saturated heterocycles. The maximum absolute atomic E-state index is 12.8. The minimum absolute atomic E-state index is 0.0275. The molecule has 1 unspecified atom stereocenters. The highest BCUT2D eigenvalue weighted by Crippen LogP contribution is 2.26. The zero-order valence-corrected chi connectivity index (χ0v) is 17.4. The van der Waals surface area contributed by atoms with Gasteiger partial charge >= 0.3 is 0 Å². The van der Waals surface area contributed by atoms with Crippen molar-refractivity contribution in [3.05, 3.63) is 48.3 Å². The number of fused-ring (bicyclic) bond motifs is 1. The number of nitrogens with zero attached hydrogens (tertiary/aromatic N) is 2. The number of thiazole rings is 1. The molecule has 2 heterocycles. The van der Waals surface area contributed by atoms with Gasteiger partial charge in [0.1, 0.15) is 6.04 Å². The van der Waals surface area contributed by atoms with Crippen molar-refractivity contribution in [1.29, 1.82) is 0 Å². The Kier molecular flexibility index (Phi) is 6.14. The first-order valence-corrected chi connectivity index (χ1v) is 10.3. The van der Waals surface area contributed by atoms with Gasteiger partial charge in [0.15, 0.2) is 5.13 Å². The number of hydrogen-bond donors (Lipinski definition) is 2. The number of amides is 2. The summed E-state index contributed by atoms with van der Waals surface area (Å²) in [5, 5.41) is 6.64. The Hall–Kier alpha value is -2.67. The summed E-state index contributed by atoms with van der Waals surface area (Å²) < 4.78 is 2.88. The van der Waals surface area contributed by atoms with Crippen molar-refractivity contribution in [2.45, 2.75) is 46.2 Å². The monoisotopic (exact) mass is 398 g/mol. The van der Waals surface area contributed by atoms with Crippen molar-refractivity contribution in [1.82, 2.24) is 20.2 Å². The van der Waals surface area contributed by atoms with Crippen LogP contribution in [-0.2, 0) is 4.79 Å². The van der Waals surface area contributed by atoms with Crippen molar-refractivity contribution >= 4 is 33.4 Å². The van der Waals surface area contributed by atoms with Crippen LogP contribution in [0.1, 0.15) is 44.5 Å². The molecule has 2 aromatic heterocycles. The topological polar surface area (TPSA) is 76.0 Å². The van der Waals surface area contributed by atoms with Crippen molar-refractivity contribution in [2.24, 2.45) is 5.92 Å². The molecule has 6 nitrogen and oxygen atoms in total. The van der Waals surface area contributed by atoms with E-state index in [0.29, 0.717) is 12.0 Å². The molecule has 0 saturated carbocycles. The van der Waals surface area contributed by atoms with Gasteiger partial charge in [0.25, 0.3) is 5.91 Å². The summed E-state index contributed by atoms with van der Waals surface area (Å²) in [7, 11) is 0. The van der Waals surface area contributed by atoms with E-state index in [1.54, 1.807) is 6.07 Å². The van der Waals surface area contributed by atoms with Crippen LogP contribution in [0.4, 0.5) is 0 Å². The van der Waals surface area contributed by atoms with E-state index in [1.165, 1.54) is 11.3 Å². The molecule has 0 fully saturated rings. The molecule has 0 spiro atoms. The Morgan fingerprint density at radius 1 is 1.11 bits per heavy atom. The van der Waals surface area contributed by atoms with Gasteiger partial charge < -0.3 is 15.2 Å². The highest BCUT2D eigenvalue weighted by Gasteiger charge is 2.23. The Morgan fingerprint density at radius 3 is 2.46 bits per heavy atom. The zero-order valence-electron chi connectivity index (χ0n) is 16.6. The molecule has 0 aliphatic heterocycles. The Bertz CT molecular complexity index is 960. The van der Waals surface area contributed by atoms with Gasteiger partial charge in [-0.15, -0.1) is 0 Å². The summed E-state index contributed by atoms with van der Waals surface area (Å²) in [6.45, 7) is 7.89. The molecule has 2 amide bonds. The average molecular weight is 399 g/mol. The second-order valence-corrected chi connectivity index (χ2v) is 8.60. The number of carbonyl (C=O) groups excluding carboxylic acids is 2. The normalized spacial score (nSPS) is 12.5. The van der Waals surface area contributed by atoms with Crippen LogP contribution in [0.2, 0.25) is 0 Å². The highest BCUT2D eigenvalue weighted by atomic mass is 32.1. The van der Waals surface area contributed by atoms with E-state index in [9.17, 15) is 9.59 Å². The minimum atomic E-state index is -0.553. The Balaban J connectivity index is 1.79. The van der Waals surface area contributed by atoms with Crippen LogP contribution in [0.3, 0.4) is 0 Å². The lowest BCUT2D eigenvalue weighted by molar-refractivity contribution is -0.123. The number of carbonyl (C=O) groups is 2. The van der Waals surface area contributed by atoms with Crippen LogP contribution in [0.5, 0.6) is 0 Å². The van der Waals surface area contributed by atoms with E-state index in [1.807, 2.05) is 68.9 Å². The molecule has 28 heavy (non-hydrogen) atoms. The Labute approximate surface area is 169 Å². The van der Waals surface area contributed by atoms with Crippen molar-refractivity contribution < 1.29 is 9.59 Å². The third-order valence-electron chi connectivity index (χ3n) is 4.22. The molecule has 0 radical (unpaired) electrons. The van der Waals surface area contributed by atoms with Gasteiger partial charge in [-0.2, -0.15) is 0 Å². The van der Waals surface area contributed by atoms with Crippen molar-refractivity contribution in [2.75, 3.05) is 0 Å². The van der Waals surface area contributed by atoms with Crippen LogP contribution in [0, 0.1) is 5.92 Å². The molecular formula is C21H26N4O2S. The summed E-state index contributed by atoms with van der Waals surface area (Å²) in [6, 6.07) is 8.80. The lowest BCUT2D eigenvalue weighted by Crippen LogP contribution is -2.49. The Morgan fingerprint density at radius 2 is 1.82 bits per heavy atom. The van der Waals surface area contributed by atoms with E-state index in [4.69, 9.17) is 0 Å². The maximum atomic E-state index is 12.8. The first kappa shape index (κ1) is 20.1. The molecule has 3 rings (SSSR count). The first-order chi connectivity index (χ1) is 13.3. The third-order valence-corrected chi connectivity index (χ3v) is 5.26. The number of benzene rings is 1. The molecule has 1 atom stereocenters. The van der Waals surface area contributed by atoms with Crippen LogP contribution < -0.4 is 10.6 Å². The highest BCUT2D eigenvalue weighted by molar-refractivity contribution is 7.20. The van der Waals surface area contributed by atoms with Crippen LogP contribution >= 0.6 is 11.3 Å². The van der Waals surface area contributed by atoms with E-state index < -0.39 is 6.04 Å². The van der Waals surface area contributed by atoms with Crippen LogP contribution in [0.25, 0.3) is 15.3 Å². The summed E-state index contributed by atoms with van der Waals surface area (Å²) in [6.07, 6.45) is 4.47. The van der Waals surface area contributed by atoms with E-state index in [2.05, 4.69) is 15.6 Å². The predicted octanol–water partition coefficient (Wildman–Crippen LogP) is 3.76. The standard InChI is InChI=1S/C21H26N4O2S/c1-13(2)11-17(20(27)22-14(3)4)23-19(26)15-7-8-16-18(12-15)28-21(24-16)25-9-5-6-10-25/h5-10,12-14,17H,11H2,1-4H3,(H,22,27)(H,23,26).